The number of nitrogens with zero attached hydrogens (tertiary/aromatic N) is 4. The minimum Gasteiger partial charge on any atom is -0.496 e. The summed E-state index contributed by atoms with van der Waals surface area (Å²) >= 11 is 0. The number of hydrogen-bond acceptors (Lipinski definition) is 8. The summed E-state index contributed by atoms with van der Waals surface area (Å²) in [5, 5.41) is 9.38. The molecule has 4 aromatic rings. The molecular weight excluding hydrogens is 430 g/mol. The molecule has 0 amide bonds. The number of fused-ring (bicyclic) bond motifs is 3. The number of benzene rings is 1. The maximum atomic E-state index is 6.52. The normalized spacial score (nSPS) is 15.2. The highest BCUT2D eigenvalue weighted by Gasteiger charge is 2.24. The predicted molar refractivity (Wildman–Crippen MR) is 134 cm³/mol. The number of nitrogens with one attached hydrogen (secondary N) is 2. The van der Waals surface area contributed by atoms with Gasteiger partial charge in [-0.15, -0.1) is 0 Å². The Kier molecular flexibility index (Phi) is 5.47. The number of aryl methyl sites for hydroxylation is 3. The number of aliphatic imine (C=N–C) groups is 1. The first kappa shape index (κ1) is 21.9. The summed E-state index contributed by atoms with van der Waals surface area (Å²) in [5.74, 6) is 3.16. The van der Waals surface area contributed by atoms with Crippen molar-refractivity contribution in [3.8, 4) is 16.9 Å². The fraction of sp³-hybridized carbons (Fsp3) is 0.360. The van der Waals surface area contributed by atoms with Crippen LogP contribution in [-0.4, -0.2) is 40.5 Å². The van der Waals surface area contributed by atoms with Crippen molar-refractivity contribution in [3.05, 3.63) is 40.8 Å². The van der Waals surface area contributed by atoms with Gasteiger partial charge in [0.15, 0.2) is 0 Å². The lowest BCUT2D eigenvalue weighted by Gasteiger charge is -2.27. The average molecular weight is 460 g/mol. The Balaban J connectivity index is 1.72. The summed E-state index contributed by atoms with van der Waals surface area (Å²) in [4.78, 5) is 17.1. The Hall–Kier alpha value is -3.88. The fourth-order valence-corrected chi connectivity index (χ4v) is 4.63. The van der Waals surface area contributed by atoms with Gasteiger partial charge >= 0.3 is 0 Å². The van der Waals surface area contributed by atoms with Crippen molar-refractivity contribution in [1.29, 1.82) is 0 Å². The van der Waals surface area contributed by atoms with Gasteiger partial charge in [0, 0.05) is 41.3 Å². The van der Waals surface area contributed by atoms with Crippen LogP contribution < -0.4 is 15.8 Å². The largest absolute Gasteiger partial charge is 0.496 e. The summed E-state index contributed by atoms with van der Waals surface area (Å²) in [6, 6.07) is 4.06. The monoisotopic (exact) mass is 459 g/mol. The number of aromatic nitrogens is 4. The topological polar surface area (TPSA) is 127 Å². The quantitative estimate of drug-likeness (QED) is 0.354. The van der Waals surface area contributed by atoms with E-state index in [-0.39, 0.29) is 0 Å². The van der Waals surface area contributed by atoms with Gasteiger partial charge < -0.3 is 25.3 Å². The van der Waals surface area contributed by atoms with Crippen molar-refractivity contribution >= 4 is 34.0 Å². The summed E-state index contributed by atoms with van der Waals surface area (Å²) in [6.45, 7) is 5.70. The minimum atomic E-state index is 0.375. The van der Waals surface area contributed by atoms with Crippen molar-refractivity contribution in [3.63, 3.8) is 0 Å². The van der Waals surface area contributed by atoms with Gasteiger partial charge in [-0.3, -0.25) is 4.99 Å². The first-order chi connectivity index (χ1) is 16.4. The standard InChI is InChI=1S/C25H29N7O2/c1-12-21(13(2)34-32-12)17-9-18-16(10-20(17)33-5)22-24(30-18)28-14(3)29-25(22)31-19(11-27-4)23(26)15-7-6-8-15/h9-11,15H,6-8,26H2,1-5H3,(H2,28,29,30,31). The number of nitrogens with two attached hydrogens (primary N) is 1. The Morgan fingerprint density at radius 2 is 2.06 bits per heavy atom. The number of allylic oxidation sites excluding steroid dienone is 2. The van der Waals surface area contributed by atoms with E-state index in [4.69, 9.17) is 20.0 Å². The molecule has 9 heteroatoms. The molecule has 0 spiro atoms. The zero-order valence-electron chi connectivity index (χ0n) is 20.1. The highest BCUT2D eigenvalue weighted by molar-refractivity contribution is 6.13. The number of methoxy groups -OCH3 is 1. The molecule has 0 bridgehead atoms. The predicted octanol–water partition coefficient (Wildman–Crippen LogP) is 4.78. The molecule has 176 valence electrons. The maximum absolute atomic E-state index is 6.52. The second-order valence-corrected chi connectivity index (χ2v) is 8.77. The van der Waals surface area contributed by atoms with E-state index in [0.717, 1.165) is 68.8 Å². The Labute approximate surface area is 197 Å². The number of rotatable bonds is 6. The SMILES string of the molecule is CN=CC(Nc1nc(C)nc2[nH]c3cc(-c4c(C)noc4C)c(OC)cc3c12)=C(N)C1CCC1. The lowest BCUT2D eigenvalue weighted by Crippen LogP contribution is -2.24. The molecular formula is C25H29N7O2. The molecule has 5 rings (SSSR count). The van der Waals surface area contributed by atoms with Crippen LogP contribution in [0.15, 0.2) is 33.0 Å². The van der Waals surface area contributed by atoms with Gasteiger partial charge in [-0.25, -0.2) is 9.97 Å². The van der Waals surface area contributed by atoms with E-state index in [1.807, 2.05) is 26.8 Å². The van der Waals surface area contributed by atoms with Crippen LogP contribution >= 0.6 is 0 Å². The first-order valence-electron chi connectivity index (χ1n) is 11.4. The molecule has 1 aromatic carbocycles. The molecule has 0 unspecified atom stereocenters. The molecule has 4 N–H and O–H groups in total. The van der Waals surface area contributed by atoms with Crippen LogP contribution in [-0.2, 0) is 0 Å². The molecule has 0 aliphatic heterocycles. The van der Waals surface area contributed by atoms with E-state index < -0.39 is 0 Å². The molecule has 0 radical (unpaired) electrons. The fourth-order valence-electron chi connectivity index (χ4n) is 4.63. The van der Waals surface area contributed by atoms with Crippen LogP contribution in [0.3, 0.4) is 0 Å². The van der Waals surface area contributed by atoms with Gasteiger partial charge in [0.25, 0.3) is 0 Å². The van der Waals surface area contributed by atoms with Gasteiger partial charge in [0.2, 0.25) is 0 Å². The van der Waals surface area contributed by atoms with Crippen molar-refractivity contribution in [2.24, 2.45) is 16.6 Å². The number of aromatic amines is 1. The summed E-state index contributed by atoms with van der Waals surface area (Å²) in [7, 11) is 3.40. The molecule has 1 aliphatic rings. The van der Waals surface area contributed by atoms with Crippen LogP contribution in [0.25, 0.3) is 33.1 Å². The second kappa shape index (κ2) is 8.48. The van der Waals surface area contributed by atoms with E-state index in [0.29, 0.717) is 23.3 Å². The summed E-state index contributed by atoms with van der Waals surface area (Å²) < 4.78 is 11.2. The molecule has 0 atom stereocenters. The number of H-pyrrole nitrogens is 1. The van der Waals surface area contributed by atoms with Crippen LogP contribution in [0.4, 0.5) is 5.82 Å². The van der Waals surface area contributed by atoms with E-state index in [2.05, 4.69) is 31.5 Å². The van der Waals surface area contributed by atoms with Crippen LogP contribution in [0.2, 0.25) is 0 Å². The average Bonchev–Trinajstić information content (AvgIpc) is 3.29. The lowest BCUT2D eigenvalue weighted by atomic mass is 9.82. The summed E-state index contributed by atoms with van der Waals surface area (Å²) in [5.41, 5.74) is 12.4. The third-order valence-electron chi connectivity index (χ3n) is 6.55. The molecule has 9 nitrogen and oxygen atoms in total. The van der Waals surface area contributed by atoms with Gasteiger partial charge in [-0.2, -0.15) is 0 Å². The second-order valence-electron chi connectivity index (χ2n) is 8.77. The maximum Gasteiger partial charge on any atom is 0.144 e. The molecule has 3 aromatic heterocycles. The summed E-state index contributed by atoms with van der Waals surface area (Å²) in [6.07, 6.45) is 5.17. The third kappa shape index (κ3) is 3.57. The van der Waals surface area contributed by atoms with Crippen LogP contribution in [0.1, 0.15) is 36.5 Å². The highest BCUT2D eigenvalue weighted by atomic mass is 16.5. The van der Waals surface area contributed by atoms with Crippen LogP contribution in [0, 0.1) is 26.7 Å². The van der Waals surface area contributed by atoms with Gasteiger partial charge in [-0.05, 0) is 45.7 Å². The van der Waals surface area contributed by atoms with Gasteiger partial charge in [0.1, 0.15) is 28.8 Å². The zero-order chi connectivity index (χ0) is 24.0. The molecule has 1 aliphatic carbocycles. The zero-order valence-corrected chi connectivity index (χ0v) is 20.1. The Bertz CT molecular complexity index is 1440. The van der Waals surface area contributed by atoms with E-state index in [1.54, 1.807) is 20.4 Å². The number of ether oxygens (including phenoxy) is 1. The molecule has 1 saturated carbocycles. The van der Waals surface area contributed by atoms with E-state index >= 15 is 0 Å². The van der Waals surface area contributed by atoms with Gasteiger partial charge in [-0.1, -0.05) is 11.6 Å². The Morgan fingerprint density at radius 1 is 1.26 bits per heavy atom. The highest BCUT2D eigenvalue weighted by Crippen LogP contribution is 2.41. The van der Waals surface area contributed by atoms with Gasteiger partial charge in [0.05, 0.1) is 29.5 Å². The van der Waals surface area contributed by atoms with E-state index in [9.17, 15) is 0 Å². The lowest BCUT2D eigenvalue weighted by molar-refractivity contribution is 0.364. The molecule has 0 saturated heterocycles. The molecule has 1 fully saturated rings. The number of anilines is 1. The molecule has 34 heavy (non-hydrogen) atoms. The molecule has 3 heterocycles. The van der Waals surface area contributed by atoms with Crippen molar-refractivity contribution in [1.82, 2.24) is 20.1 Å². The van der Waals surface area contributed by atoms with Crippen molar-refractivity contribution in [2.45, 2.75) is 40.0 Å². The number of hydrogen-bond donors (Lipinski definition) is 3. The third-order valence-corrected chi connectivity index (χ3v) is 6.55. The van der Waals surface area contributed by atoms with Crippen molar-refractivity contribution < 1.29 is 9.26 Å². The minimum absolute atomic E-state index is 0.375. The van der Waals surface area contributed by atoms with Crippen LogP contribution in [0.5, 0.6) is 5.75 Å². The Morgan fingerprint density at radius 3 is 2.68 bits per heavy atom. The smallest absolute Gasteiger partial charge is 0.144 e. The first-order valence-corrected chi connectivity index (χ1v) is 11.4. The van der Waals surface area contributed by atoms with Crippen molar-refractivity contribution in [2.75, 3.05) is 19.5 Å². The van der Waals surface area contributed by atoms with E-state index in [1.165, 1.54) is 6.42 Å².